The standard InChI is InChI=1S/C13H15ClN2O3/c14-6-8-2-1-3-9(4-8)13(19)16-7-10(17)5-11(16)12(15)18/h1-4,10-11,17H,5-7H2,(H2,15,18). The number of benzene rings is 1. The smallest absolute Gasteiger partial charge is 0.254 e. The molecule has 2 amide bonds. The number of alkyl halides is 1. The van der Waals surface area contributed by atoms with Crippen molar-refractivity contribution in [3.63, 3.8) is 0 Å². The molecule has 1 saturated heterocycles. The molecule has 0 spiro atoms. The summed E-state index contributed by atoms with van der Waals surface area (Å²) in [6.07, 6.45) is -0.520. The molecule has 102 valence electrons. The van der Waals surface area contributed by atoms with Gasteiger partial charge in [0.1, 0.15) is 6.04 Å². The van der Waals surface area contributed by atoms with E-state index in [1.807, 2.05) is 6.07 Å². The van der Waals surface area contributed by atoms with E-state index in [1.54, 1.807) is 18.2 Å². The summed E-state index contributed by atoms with van der Waals surface area (Å²) in [6.45, 7) is 0.123. The first-order valence-electron chi connectivity index (χ1n) is 5.96. The number of amides is 2. The highest BCUT2D eigenvalue weighted by Crippen LogP contribution is 2.21. The van der Waals surface area contributed by atoms with Crippen LogP contribution < -0.4 is 5.73 Å². The van der Waals surface area contributed by atoms with Gasteiger partial charge in [0.15, 0.2) is 0 Å². The van der Waals surface area contributed by atoms with Crippen LogP contribution in [0.5, 0.6) is 0 Å². The normalized spacial score (nSPS) is 22.5. The molecule has 1 aliphatic rings. The minimum Gasteiger partial charge on any atom is -0.391 e. The minimum atomic E-state index is -0.748. The highest BCUT2D eigenvalue weighted by Gasteiger charge is 2.38. The molecule has 1 aromatic carbocycles. The number of likely N-dealkylation sites (tertiary alicyclic amines) is 1. The van der Waals surface area contributed by atoms with E-state index in [0.29, 0.717) is 11.4 Å². The van der Waals surface area contributed by atoms with E-state index in [2.05, 4.69) is 0 Å². The van der Waals surface area contributed by atoms with Crippen LogP contribution in [0.25, 0.3) is 0 Å². The highest BCUT2D eigenvalue weighted by atomic mass is 35.5. The van der Waals surface area contributed by atoms with E-state index in [0.717, 1.165) is 5.56 Å². The molecular weight excluding hydrogens is 268 g/mol. The number of β-amino-alcohol motifs (C(OH)–C–C–N with tert-alkyl or cyclic N) is 1. The van der Waals surface area contributed by atoms with Crippen molar-refractivity contribution in [3.05, 3.63) is 35.4 Å². The van der Waals surface area contributed by atoms with Crippen LogP contribution in [-0.2, 0) is 10.7 Å². The lowest BCUT2D eigenvalue weighted by molar-refractivity contribution is -0.121. The number of nitrogens with zero attached hydrogens (tertiary/aromatic N) is 1. The summed E-state index contributed by atoms with van der Waals surface area (Å²) in [5, 5.41) is 9.59. The van der Waals surface area contributed by atoms with E-state index in [4.69, 9.17) is 17.3 Å². The molecule has 1 aliphatic heterocycles. The Bertz CT molecular complexity index is 506. The van der Waals surface area contributed by atoms with Gasteiger partial charge in [0.2, 0.25) is 5.91 Å². The second-order valence-electron chi connectivity index (χ2n) is 4.60. The van der Waals surface area contributed by atoms with Gasteiger partial charge in [-0.15, -0.1) is 11.6 Å². The van der Waals surface area contributed by atoms with Gasteiger partial charge in [-0.3, -0.25) is 9.59 Å². The molecule has 0 aromatic heterocycles. The van der Waals surface area contributed by atoms with Crippen LogP contribution >= 0.6 is 11.6 Å². The Hall–Kier alpha value is -1.59. The molecular formula is C13H15ClN2O3. The van der Waals surface area contributed by atoms with Gasteiger partial charge in [-0.25, -0.2) is 0 Å². The number of rotatable bonds is 3. The molecule has 1 fully saturated rings. The first-order valence-corrected chi connectivity index (χ1v) is 6.49. The Kier molecular flexibility index (Phi) is 4.07. The van der Waals surface area contributed by atoms with Crippen LogP contribution in [0.2, 0.25) is 0 Å². The van der Waals surface area contributed by atoms with E-state index in [1.165, 1.54) is 4.90 Å². The van der Waals surface area contributed by atoms with Gasteiger partial charge in [-0.1, -0.05) is 12.1 Å². The third-order valence-corrected chi connectivity index (χ3v) is 3.51. The number of aliphatic hydroxyl groups excluding tert-OH is 1. The first-order chi connectivity index (χ1) is 9.02. The van der Waals surface area contributed by atoms with Crippen molar-refractivity contribution < 1.29 is 14.7 Å². The largest absolute Gasteiger partial charge is 0.391 e. The molecule has 19 heavy (non-hydrogen) atoms. The Morgan fingerprint density at radius 1 is 1.47 bits per heavy atom. The average molecular weight is 283 g/mol. The number of nitrogens with two attached hydrogens (primary N) is 1. The maximum Gasteiger partial charge on any atom is 0.254 e. The van der Waals surface area contributed by atoms with Gasteiger partial charge >= 0.3 is 0 Å². The van der Waals surface area contributed by atoms with Crippen LogP contribution in [0.1, 0.15) is 22.3 Å². The van der Waals surface area contributed by atoms with Gasteiger partial charge in [-0.2, -0.15) is 0 Å². The quantitative estimate of drug-likeness (QED) is 0.791. The molecule has 0 bridgehead atoms. The zero-order valence-electron chi connectivity index (χ0n) is 10.3. The number of aliphatic hydroxyl groups is 1. The molecule has 6 heteroatoms. The SMILES string of the molecule is NC(=O)C1CC(O)CN1C(=O)c1cccc(CCl)c1. The summed E-state index contributed by atoms with van der Waals surface area (Å²) in [5.74, 6) is -0.603. The third kappa shape index (κ3) is 2.88. The lowest BCUT2D eigenvalue weighted by Gasteiger charge is -2.22. The van der Waals surface area contributed by atoms with E-state index in [9.17, 15) is 14.7 Å². The Morgan fingerprint density at radius 3 is 2.84 bits per heavy atom. The van der Waals surface area contributed by atoms with Crippen LogP contribution in [0.4, 0.5) is 0 Å². The monoisotopic (exact) mass is 282 g/mol. The summed E-state index contributed by atoms with van der Waals surface area (Å²) < 4.78 is 0. The summed E-state index contributed by atoms with van der Waals surface area (Å²) >= 11 is 5.73. The minimum absolute atomic E-state index is 0.123. The number of primary amides is 1. The molecule has 1 heterocycles. The molecule has 2 rings (SSSR count). The molecule has 1 aromatic rings. The Morgan fingerprint density at radius 2 is 2.21 bits per heavy atom. The van der Waals surface area contributed by atoms with Gasteiger partial charge < -0.3 is 15.7 Å². The fourth-order valence-corrected chi connectivity index (χ4v) is 2.43. The van der Waals surface area contributed by atoms with E-state index in [-0.39, 0.29) is 18.9 Å². The Labute approximate surface area is 116 Å². The summed E-state index contributed by atoms with van der Waals surface area (Å²) in [6, 6.07) is 6.13. The molecule has 3 N–H and O–H groups in total. The fraction of sp³-hybridized carbons (Fsp3) is 0.385. The van der Waals surface area contributed by atoms with Gasteiger partial charge in [0, 0.05) is 24.4 Å². The fourth-order valence-electron chi connectivity index (χ4n) is 2.26. The van der Waals surface area contributed by atoms with E-state index >= 15 is 0 Å². The predicted octanol–water partition coefficient (Wildman–Crippen LogP) is 0.486. The van der Waals surface area contributed by atoms with Crippen LogP contribution in [0.3, 0.4) is 0 Å². The van der Waals surface area contributed by atoms with Crippen molar-refractivity contribution in [1.82, 2.24) is 4.90 Å². The van der Waals surface area contributed by atoms with Crippen molar-refractivity contribution >= 4 is 23.4 Å². The topological polar surface area (TPSA) is 83.6 Å². The van der Waals surface area contributed by atoms with Crippen molar-refractivity contribution in [1.29, 1.82) is 0 Å². The van der Waals surface area contributed by atoms with Crippen LogP contribution in [0, 0.1) is 0 Å². The van der Waals surface area contributed by atoms with Crippen molar-refractivity contribution in [2.45, 2.75) is 24.4 Å². The van der Waals surface area contributed by atoms with Crippen molar-refractivity contribution in [2.75, 3.05) is 6.54 Å². The molecule has 5 nitrogen and oxygen atoms in total. The number of halogens is 1. The lowest BCUT2D eigenvalue weighted by Crippen LogP contribution is -2.43. The molecule has 2 unspecified atom stereocenters. The molecule has 0 saturated carbocycles. The zero-order chi connectivity index (χ0) is 14.0. The number of hydrogen-bond acceptors (Lipinski definition) is 3. The van der Waals surface area contributed by atoms with Crippen LogP contribution in [0.15, 0.2) is 24.3 Å². The van der Waals surface area contributed by atoms with Crippen molar-refractivity contribution in [2.24, 2.45) is 5.73 Å². The average Bonchev–Trinajstić information content (AvgIpc) is 2.80. The van der Waals surface area contributed by atoms with Gasteiger partial charge in [0.05, 0.1) is 6.10 Å². The maximum absolute atomic E-state index is 12.3. The first kappa shape index (κ1) is 13.8. The zero-order valence-corrected chi connectivity index (χ0v) is 11.0. The summed E-state index contributed by atoms with van der Waals surface area (Å²) in [5.41, 5.74) is 6.52. The van der Waals surface area contributed by atoms with E-state index < -0.39 is 18.1 Å². The number of hydrogen-bond donors (Lipinski definition) is 2. The van der Waals surface area contributed by atoms with Gasteiger partial charge in [-0.05, 0) is 17.7 Å². The molecule has 2 atom stereocenters. The second-order valence-corrected chi connectivity index (χ2v) is 4.87. The summed E-state index contributed by atoms with van der Waals surface area (Å²) in [7, 11) is 0. The summed E-state index contributed by atoms with van der Waals surface area (Å²) in [4.78, 5) is 25.0. The van der Waals surface area contributed by atoms with Crippen molar-refractivity contribution in [3.8, 4) is 0 Å². The number of carbonyl (C=O) groups is 2. The predicted molar refractivity (Wildman–Crippen MR) is 70.6 cm³/mol. The maximum atomic E-state index is 12.3. The van der Waals surface area contributed by atoms with Gasteiger partial charge in [0.25, 0.3) is 5.91 Å². The highest BCUT2D eigenvalue weighted by molar-refractivity contribution is 6.17. The Balaban J connectivity index is 2.24. The second kappa shape index (κ2) is 5.59. The van der Waals surface area contributed by atoms with Crippen LogP contribution in [-0.4, -0.2) is 40.5 Å². The molecule has 0 aliphatic carbocycles. The lowest BCUT2D eigenvalue weighted by atomic mass is 10.1. The third-order valence-electron chi connectivity index (χ3n) is 3.20. The number of carbonyl (C=O) groups excluding carboxylic acids is 2. The molecule has 0 radical (unpaired) electrons.